The number of rotatable bonds is 4. The highest BCUT2D eigenvalue weighted by Gasteiger charge is 2.32. The lowest BCUT2D eigenvalue weighted by Crippen LogP contribution is -2.29. The minimum atomic E-state index is 0.293. The van der Waals surface area contributed by atoms with E-state index in [4.69, 9.17) is 0 Å². The Morgan fingerprint density at radius 2 is 1.48 bits per heavy atom. The molecule has 3 rings (SSSR count). The van der Waals surface area contributed by atoms with Crippen molar-refractivity contribution < 1.29 is 4.79 Å². The summed E-state index contributed by atoms with van der Waals surface area (Å²) in [7, 11) is 0. The van der Waals surface area contributed by atoms with Gasteiger partial charge in [0, 0.05) is 11.8 Å². The van der Waals surface area contributed by atoms with Gasteiger partial charge in [-0.2, -0.15) is 0 Å². The molecular formula is C24H38O. The third-order valence-electron chi connectivity index (χ3n) is 6.53. The van der Waals surface area contributed by atoms with E-state index < -0.39 is 0 Å². The molecule has 1 atom stereocenters. The molecule has 2 aliphatic carbocycles. The summed E-state index contributed by atoms with van der Waals surface area (Å²) < 4.78 is 0. The van der Waals surface area contributed by atoms with Gasteiger partial charge in [-0.3, -0.25) is 4.79 Å². The van der Waals surface area contributed by atoms with E-state index in [1.165, 1.54) is 63.4 Å². The van der Waals surface area contributed by atoms with Gasteiger partial charge in [0.05, 0.1) is 0 Å². The molecule has 2 saturated carbocycles. The molecule has 2 fully saturated rings. The molecule has 0 amide bonds. The lowest BCUT2D eigenvalue weighted by molar-refractivity contribution is -0.127. The normalized spacial score (nSPS) is 25.6. The second kappa shape index (κ2) is 10.8. The first kappa shape index (κ1) is 20.2. The second-order valence-electron chi connectivity index (χ2n) is 8.38. The standard InChI is InChI=1S/C17H30O.C7H8/c1-3-13(2)17(18)16-11-9-15(10-12-16)14-7-5-4-6-8-14;1-7-5-3-2-4-6-7/h13-16H,3-12H2,1-2H3;2-6H,1H3. The predicted molar refractivity (Wildman–Crippen MR) is 108 cm³/mol. The highest BCUT2D eigenvalue weighted by Crippen LogP contribution is 2.40. The molecule has 0 aliphatic heterocycles. The van der Waals surface area contributed by atoms with Crippen LogP contribution in [-0.4, -0.2) is 5.78 Å². The van der Waals surface area contributed by atoms with Crippen LogP contribution in [0, 0.1) is 30.6 Å². The maximum absolute atomic E-state index is 12.2. The van der Waals surface area contributed by atoms with Crippen molar-refractivity contribution in [3.63, 3.8) is 0 Å². The number of benzene rings is 1. The Morgan fingerprint density at radius 1 is 0.920 bits per heavy atom. The molecule has 1 aromatic carbocycles. The van der Waals surface area contributed by atoms with E-state index in [1.807, 2.05) is 18.2 Å². The number of ketones is 1. The quantitative estimate of drug-likeness (QED) is 0.576. The van der Waals surface area contributed by atoms with Crippen molar-refractivity contribution >= 4 is 5.78 Å². The van der Waals surface area contributed by atoms with Crippen LogP contribution in [-0.2, 0) is 4.79 Å². The van der Waals surface area contributed by atoms with Crippen LogP contribution >= 0.6 is 0 Å². The molecule has 140 valence electrons. The van der Waals surface area contributed by atoms with Crippen LogP contribution in [0.3, 0.4) is 0 Å². The molecule has 1 aromatic rings. The number of carbonyl (C=O) groups excluding carboxylic acids is 1. The molecule has 25 heavy (non-hydrogen) atoms. The Morgan fingerprint density at radius 3 is 1.96 bits per heavy atom. The fraction of sp³-hybridized carbons (Fsp3) is 0.708. The zero-order valence-corrected chi connectivity index (χ0v) is 16.7. The molecule has 0 heterocycles. The number of Topliss-reactive ketones (excluding diaryl/α,β-unsaturated/α-hetero) is 1. The van der Waals surface area contributed by atoms with Crippen LogP contribution in [0.25, 0.3) is 0 Å². The van der Waals surface area contributed by atoms with E-state index in [2.05, 4.69) is 32.9 Å². The molecule has 2 aliphatic rings. The Bertz CT molecular complexity index is 478. The van der Waals surface area contributed by atoms with Gasteiger partial charge in [-0.15, -0.1) is 0 Å². The first-order valence-corrected chi connectivity index (χ1v) is 10.7. The summed E-state index contributed by atoms with van der Waals surface area (Å²) in [5, 5.41) is 0. The van der Waals surface area contributed by atoms with Crippen molar-refractivity contribution in [3.05, 3.63) is 35.9 Å². The van der Waals surface area contributed by atoms with Gasteiger partial charge < -0.3 is 0 Å². The molecule has 0 bridgehead atoms. The zero-order valence-electron chi connectivity index (χ0n) is 16.7. The highest BCUT2D eigenvalue weighted by atomic mass is 16.1. The second-order valence-corrected chi connectivity index (χ2v) is 8.38. The summed E-state index contributed by atoms with van der Waals surface area (Å²) in [4.78, 5) is 12.2. The molecule has 1 heteroatoms. The van der Waals surface area contributed by atoms with Crippen LogP contribution < -0.4 is 0 Å². The topological polar surface area (TPSA) is 17.1 Å². The Balaban J connectivity index is 0.000000269. The highest BCUT2D eigenvalue weighted by molar-refractivity contribution is 5.83. The summed E-state index contributed by atoms with van der Waals surface area (Å²) in [5.74, 6) is 3.20. The number of hydrogen-bond donors (Lipinski definition) is 0. The smallest absolute Gasteiger partial charge is 0.138 e. The first-order chi connectivity index (χ1) is 12.1. The Kier molecular flexibility index (Phi) is 8.72. The van der Waals surface area contributed by atoms with Gasteiger partial charge in [0.1, 0.15) is 5.78 Å². The fourth-order valence-electron chi connectivity index (χ4n) is 4.62. The lowest BCUT2D eigenvalue weighted by Gasteiger charge is -2.36. The van der Waals surface area contributed by atoms with Crippen molar-refractivity contribution in [2.45, 2.75) is 85.0 Å². The maximum atomic E-state index is 12.2. The van der Waals surface area contributed by atoms with Crippen molar-refractivity contribution in [3.8, 4) is 0 Å². The number of hydrogen-bond acceptors (Lipinski definition) is 1. The van der Waals surface area contributed by atoms with Crippen LogP contribution in [0.15, 0.2) is 30.3 Å². The molecule has 0 N–H and O–H groups in total. The maximum Gasteiger partial charge on any atom is 0.138 e. The summed E-state index contributed by atoms with van der Waals surface area (Å²) in [6, 6.07) is 10.3. The Labute approximate surface area is 155 Å². The molecule has 0 aromatic heterocycles. The van der Waals surface area contributed by atoms with E-state index >= 15 is 0 Å². The minimum absolute atomic E-state index is 0.293. The zero-order chi connectivity index (χ0) is 18.1. The lowest BCUT2D eigenvalue weighted by atomic mass is 9.69. The molecule has 0 radical (unpaired) electrons. The van der Waals surface area contributed by atoms with Crippen LogP contribution in [0.4, 0.5) is 0 Å². The van der Waals surface area contributed by atoms with E-state index in [0.717, 1.165) is 18.3 Å². The average molecular weight is 343 g/mol. The largest absolute Gasteiger partial charge is 0.299 e. The number of aryl methyl sites for hydroxylation is 1. The van der Waals surface area contributed by atoms with Gasteiger partial charge in [-0.05, 0) is 50.9 Å². The molecule has 1 unspecified atom stereocenters. The van der Waals surface area contributed by atoms with Crippen LogP contribution in [0.5, 0.6) is 0 Å². The summed E-state index contributed by atoms with van der Waals surface area (Å²) >= 11 is 0. The Hall–Kier alpha value is -1.11. The van der Waals surface area contributed by atoms with Gasteiger partial charge in [0.15, 0.2) is 0 Å². The van der Waals surface area contributed by atoms with Gasteiger partial charge >= 0.3 is 0 Å². The van der Waals surface area contributed by atoms with Crippen LogP contribution in [0.2, 0.25) is 0 Å². The van der Waals surface area contributed by atoms with Crippen LogP contribution in [0.1, 0.15) is 83.6 Å². The van der Waals surface area contributed by atoms with E-state index in [0.29, 0.717) is 17.6 Å². The molecular weight excluding hydrogens is 304 g/mol. The van der Waals surface area contributed by atoms with Gasteiger partial charge in [-0.25, -0.2) is 0 Å². The SMILES string of the molecule is CCC(C)C(=O)C1CCC(C2CCCCC2)CC1.Cc1ccccc1. The van der Waals surface area contributed by atoms with Gasteiger partial charge in [-0.1, -0.05) is 81.8 Å². The third-order valence-corrected chi connectivity index (χ3v) is 6.53. The fourth-order valence-corrected chi connectivity index (χ4v) is 4.62. The first-order valence-electron chi connectivity index (χ1n) is 10.7. The van der Waals surface area contributed by atoms with Crippen molar-refractivity contribution in [2.24, 2.45) is 23.7 Å². The average Bonchev–Trinajstić information content (AvgIpc) is 2.69. The molecule has 1 nitrogen and oxygen atoms in total. The summed E-state index contributed by atoms with van der Waals surface area (Å²) in [5.41, 5.74) is 1.32. The van der Waals surface area contributed by atoms with Crippen molar-refractivity contribution in [2.75, 3.05) is 0 Å². The number of carbonyl (C=O) groups is 1. The van der Waals surface area contributed by atoms with Crippen molar-refractivity contribution in [1.82, 2.24) is 0 Å². The van der Waals surface area contributed by atoms with Crippen molar-refractivity contribution in [1.29, 1.82) is 0 Å². The summed E-state index contributed by atoms with van der Waals surface area (Å²) in [6.45, 7) is 6.33. The van der Waals surface area contributed by atoms with E-state index in [-0.39, 0.29) is 0 Å². The van der Waals surface area contributed by atoms with Gasteiger partial charge in [0.2, 0.25) is 0 Å². The third kappa shape index (κ3) is 6.60. The minimum Gasteiger partial charge on any atom is -0.299 e. The molecule has 0 spiro atoms. The van der Waals surface area contributed by atoms with E-state index in [1.54, 1.807) is 0 Å². The molecule has 0 saturated heterocycles. The van der Waals surface area contributed by atoms with Gasteiger partial charge in [0.25, 0.3) is 0 Å². The monoisotopic (exact) mass is 342 g/mol. The summed E-state index contributed by atoms with van der Waals surface area (Å²) in [6.07, 6.45) is 13.3. The van der Waals surface area contributed by atoms with E-state index in [9.17, 15) is 4.79 Å². The predicted octanol–water partition coefficient (Wildman–Crippen LogP) is 6.98.